The number of hydrogen-bond donors (Lipinski definition) is 1. The molecule has 8 heteroatoms. The Morgan fingerprint density at radius 2 is 1.81 bits per heavy atom. The van der Waals surface area contributed by atoms with Crippen LogP contribution in [0.2, 0.25) is 0 Å². The molecule has 1 saturated heterocycles. The van der Waals surface area contributed by atoms with Gasteiger partial charge < -0.3 is 9.64 Å². The molecule has 1 amide bonds. The Hall–Kier alpha value is -2.68. The molecule has 0 bridgehead atoms. The van der Waals surface area contributed by atoms with E-state index in [2.05, 4.69) is 4.72 Å². The van der Waals surface area contributed by atoms with Crippen LogP contribution in [0, 0.1) is 0 Å². The number of carbonyl (C=O) groups excluding carboxylic acids is 1. The molecular formula is C23H24N2O4S2. The molecule has 0 saturated carbocycles. The predicted octanol–water partition coefficient (Wildman–Crippen LogP) is 3.91. The number of piperidine rings is 1. The van der Waals surface area contributed by atoms with Crippen molar-refractivity contribution in [3.63, 3.8) is 0 Å². The lowest BCUT2D eigenvalue weighted by molar-refractivity contribution is 0.0711. The molecule has 0 atom stereocenters. The minimum atomic E-state index is -3.49. The number of nitrogens with zero attached hydrogens (tertiary/aromatic N) is 1. The van der Waals surface area contributed by atoms with Crippen LogP contribution >= 0.6 is 11.3 Å². The lowest BCUT2D eigenvalue weighted by atomic mass is 10.0. The minimum Gasteiger partial charge on any atom is -0.489 e. The van der Waals surface area contributed by atoms with Gasteiger partial charge in [-0.25, -0.2) is 13.1 Å². The largest absolute Gasteiger partial charge is 0.489 e. The third-order valence-electron chi connectivity index (χ3n) is 5.19. The molecule has 0 spiro atoms. The second-order valence-electron chi connectivity index (χ2n) is 7.42. The summed E-state index contributed by atoms with van der Waals surface area (Å²) in [5, 5.41) is 1.74. The van der Waals surface area contributed by atoms with Gasteiger partial charge >= 0.3 is 0 Å². The lowest BCUT2D eigenvalue weighted by Crippen LogP contribution is -2.46. The summed E-state index contributed by atoms with van der Waals surface area (Å²) in [5.74, 6) is 0.582. The Balaban J connectivity index is 1.32. The highest BCUT2D eigenvalue weighted by Crippen LogP contribution is 2.21. The molecule has 1 fully saturated rings. The molecule has 1 N–H and O–H groups in total. The van der Waals surface area contributed by atoms with E-state index in [1.807, 2.05) is 42.5 Å². The number of carbonyl (C=O) groups is 1. The van der Waals surface area contributed by atoms with Crippen LogP contribution in [0.4, 0.5) is 0 Å². The molecule has 0 radical (unpaired) electrons. The fourth-order valence-corrected chi connectivity index (χ4v) is 5.85. The van der Waals surface area contributed by atoms with Crippen LogP contribution in [0.5, 0.6) is 5.75 Å². The van der Waals surface area contributed by atoms with E-state index in [1.54, 1.807) is 34.5 Å². The quantitative estimate of drug-likeness (QED) is 0.585. The number of amides is 1. The first kappa shape index (κ1) is 21.5. The summed E-state index contributed by atoms with van der Waals surface area (Å²) in [6.45, 7) is 1.45. The molecule has 1 aliphatic rings. The van der Waals surface area contributed by atoms with Crippen LogP contribution in [0.3, 0.4) is 0 Å². The average Bonchev–Trinajstić information content (AvgIpc) is 3.35. The third-order valence-corrected chi connectivity index (χ3v) is 8.11. The monoisotopic (exact) mass is 456 g/mol. The summed E-state index contributed by atoms with van der Waals surface area (Å²) < 4.78 is 33.7. The number of rotatable bonds is 7. The first-order chi connectivity index (χ1) is 15.0. The number of nitrogens with one attached hydrogen (secondary N) is 1. The van der Waals surface area contributed by atoms with Crippen LogP contribution in [0.1, 0.15) is 28.8 Å². The smallest absolute Gasteiger partial charge is 0.253 e. The van der Waals surface area contributed by atoms with Gasteiger partial charge in [0.1, 0.15) is 16.6 Å². The zero-order chi connectivity index (χ0) is 21.7. The van der Waals surface area contributed by atoms with E-state index in [1.165, 1.54) is 11.3 Å². The molecular weight excluding hydrogens is 432 g/mol. The fourth-order valence-electron chi connectivity index (χ4n) is 3.54. The second kappa shape index (κ2) is 9.64. The van der Waals surface area contributed by atoms with Crippen LogP contribution in [-0.4, -0.2) is 38.4 Å². The summed E-state index contributed by atoms with van der Waals surface area (Å²) in [5.41, 5.74) is 1.63. The molecule has 6 nitrogen and oxygen atoms in total. The van der Waals surface area contributed by atoms with Crippen LogP contribution in [0.15, 0.2) is 76.3 Å². The van der Waals surface area contributed by atoms with Crippen molar-refractivity contribution in [1.29, 1.82) is 0 Å². The van der Waals surface area contributed by atoms with Gasteiger partial charge in [0, 0.05) is 24.7 Å². The number of sulfonamides is 1. The number of benzene rings is 2. The van der Waals surface area contributed by atoms with Gasteiger partial charge in [0.2, 0.25) is 10.0 Å². The van der Waals surface area contributed by atoms with Crippen molar-refractivity contribution in [2.45, 2.75) is 29.7 Å². The molecule has 0 aliphatic carbocycles. The standard InChI is InChI=1S/C23H24N2O4S2/c26-23(19-8-4-9-21(16-19)29-17-18-6-2-1-3-7-18)25-13-11-20(12-14-25)24-31(27,28)22-10-5-15-30-22/h1-10,15-16,20,24H,11-14,17H2. The van der Waals surface area contributed by atoms with Crippen LogP contribution in [0.25, 0.3) is 0 Å². The Labute approximate surface area is 186 Å². The van der Waals surface area contributed by atoms with E-state index < -0.39 is 10.0 Å². The highest BCUT2D eigenvalue weighted by Gasteiger charge is 2.27. The number of hydrogen-bond acceptors (Lipinski definition) is 5. The molecule has 1 aromatic heterocycles. The van der Waals surface area contributed by atoms with Gasteiger partial charge in [0.25, 0.3) is 5.91 Å². The molecule has 3 aromatic rings. The first-order valence-corrected chi connectivity index (χ1v) is 12.5. The number of ether oxygens (including phenoxy) is 1. The molecule has 162 valence electrons. The van der Waals surface area contributed by atoms with Gasteiger partial charge in [-0.05, 0) is 48.1 Å². The normalized spacial score (nSPS) is 15.0. The zero-order valence-corrected chi connectivity index (χ0v) is 18.6. The minimum absolute atomic E-state index is 0.0651. The van der Waals surface area contributed by atoms with Crippen molar-refractivity contribution in [3.8, 4) is 5.75 Å². The molecule has 2 heterocycles. The Kier molecular flexibility index (Phi) is 6.70. The summed E-state index contributed by atoms with van der Waals surface area (Å²) in [7, 11) is -3.49. The third kappa shape index (κ3) is 5.52. The molecule has 0 unspecified atom stereocenters. The van der Waals surface area contributed by atoms with Gasteiger partial charge in [0.05, 0.1) is 0 Å². The summed E-state index contributed by atoms with van der Waals surface area (Å²) in [4.78, 5) is 14.7. The van der Waals surface area contributed by atoms with E-state index in [-0.39, 0.29) is 11.9 Å². The van der Waals surface area contributed by atoms with Gasteiger partial charge in [-0.15, -0.1) is 11.3 Å². The highest BCUT2D eigenvalue weighted by molar-refractivity contribution is 7.91. The van der Waals surface area contributed by atoms with Gasteiger partial charge in [-0.1, -0.05) is 42.5 Å². The van der Waals surface area contributed by atoms with Gasteiger partial charge in [-0.3, -0.25) is 4.79 Å². The van der Waals surface area contributed by atoms with Crippen molar-refractivity contribution < 1.29 is 17.9 Å². The maximum atomic E-state index is 12.9. The first-order valence-electron chi connectivity index (χ1n) is 10.1. The Bertz CT molecular complexity index is 1110. The lowest BCUT2D eigenvalue weighted by Gasteiger charge is -2.32. The van der Waals surface area contributed by atoms with Crippen molar-refractivity contribution >= 4 is 27.3 Å². The van der Waals surface area contributed by atoms with E-state index in [9.17, 15) is 13.2 Å². The van der Waals surface area contributed by atoms with Gasteiger partial charge in [0.15, 0.2) is 0 Å². The maximum absolute atomic E-state index is 12.9. The van der Waals surface area contributed by atoms with Crippen molar-refractivity contribution in [2.24, 2.45) is 0 Å². The Morgan fingerprint density at radius 3 is 2.52 bits per heavy atom. The highest BCUT2D eigenvalue weighted by atomic mass is 32.2. The fraction of sp³-hybridized carbons (Fsp3) is 0.261. The number of likely N-dealkylation sites (tertiary alicyclic amines) is 1. The van der Waals surface area contributed by atoms with E-state index in [0.717, 1.165) is 5.56 Å². The van der Waals surface area contributed by atoms with Gasteiger partial charge in [-0.2, -0.15) is 0 Å². The molecule has 4 rings (SSSR count). The maximum Gasteiger partial charge on any atom is 0.253 e. The Morgan fingerprint density at radius 1 is 1.03 bits per heavy atom. The summed E-state index contributed by atoms with van der Waals surface area (Å²) >= 11 is 1.20. The van der Waals surface area contributed by atoms with Crippen molar-refractivity contribution in [2.75, 3.05) is 13.1 Å². The molecule has 31 heavy (non-hydrogen) atoms. The predicted molar refractivity (Wildman–Crippen MR) is 121 cm³/mol. The van der Waals surface area contributed by atoms with Crippen molar-refractivity contribution in [1.82, 2.24) is 9.62 Å². The molecule has 2 aromatic carbocycles. The zero-order valence-electron chi connectivity index (χ0n) is 16.9. The van der Waals surface area contributed by atoms with E-state index in [0.29, 0.717) is 48.1 Å². The average molecular weight is 457 g/mol. The van der Waals surface area contributed by atoms with E-state index in [4.69, 9.17) is 4.74 Å². The molecule has 1 aliphatic heterocycles. The van der Waals surface area contributed by atoms with E-state index >= 15 is 0 Å². The van der Waals surface area contributed by atoms with Crippen LogP contribution in [-0.2, 0) is 16.6 Å². The summed E-state index contributed by atoms with van der Waals surface area (Å²) in [6, 6.07) is 20.2. The summed E-state index contributed by atoms with van der Waals surface area (Å²) in [6.07, 6.45) is 1.17. The topological polar surface area (TPSA) is 75.7 Å². The SMILES string of the molecule is O=C(c1cccc(OCc2ccccc2)c1)N1CCC(NS(=O)(=O)c2cccs2)CC1. The number of thiophene rings is 1. The second-order valence-corrected chi connectivity index (χ2v) is 10.3. The van der Waals surface area contributed by atoms with Crippen LogP contribution < -0.4 is 9.46 Å². The van der Waals surface area contributed by atoms with Crippen molar-refractivity contribution in [3.05, 3.63) is 83.2 Å².